The Morgan fingerprint density at radius 2 is 2.15 bits per heavy atom. The smallest absolute Gasteiger partial charge is 0.248 e. The summed E-state index contributed by atoms with van der Waals surface area (Å²) in [5.41, 5.74) is -0.0677. The Hall–Kier alpha value is 0.0700. The van der Waals surface area contributed by atoms with Crippen molar-refractivity contribution in [2.24, 2.45) is 0 Å². The van der Waals surface area contributed by atoms with Crippen molar-refractivity contribution in [2.75, 3.05) is 0 Å². The Bertz CT molecular complexity index is 320. The molecule has 13 heavy (non-hydrogen) atoms. The van der Waals surface area contributed by atoms with Crippen LogP contribution in [0.2, 0.25) is 5.02 Å². The van der Waals surface area contributed by atoms with Gasteiger partial charge >= 0.3 is 0 Å². The van der Waals surface area contributed by atoms with Gasteiger partial charge in [0.2, 0.25) is 0 Å². The molecule has 0 saturated carbocycles. The van der Waals surface area contributed by atoms with E-state index in [4.69, 9.17) is 23.2 Å². The third kappa shape index (κ3) is 2.51. The standard InChI is InChI=1S/C7H4BrCl2F2N/c8-3-1-4(10)6(7(11)12)13-5(3)2-9/h1,7H,2H2. The lowest BCUT2D eigenvalue weighted by Crippen LogP contribution is -1.96. The largest absolute Gasteiger partial charge is 0.281 e. The summed E-state index contributed by atoms with van der Waals surface area (Å²) in [6, 6.07) is 1.37. The van der Waals surface area contributed by atoms with Crippen LogP contribution in [-0.2, 0) is 5.88 Å². The first-order valence-corrected chi connectivity index (χ1v) is 4.95. The number of pyridine rings is 1. The summed E-state index contributed by atoms with van der Waals surface area (Å²) < 4.78 is 25.1. The topological polar surface area (TPSA) is 12.9 Å². The van der Waals surface area contributed by atoms with E-state index in [9.17, 15) is 8.78 Å². The van der Waals surface area contributed by atoms with Crippen molar-refractivity contribution >= 4 is 39.1 Å². The molecule has 0 aliphatic carbocycles. The van der Waals surface area contributed by atoms with Crippen molar-refractivity contribution in [3.8, 4) is 0 Å². The quantitative estimate of drug-likeness (QED) is 0.745. The summed E-state index contributed by atoms with van der Waals surface area (Å²) in [6.45, 7) is 0. The molecule has 0 unspecified atom stereocenters. The molecule has 0 atom stereocenters. The van der Waals surface area contributed by atoms with Gasteiger partial charge in [-0.25, -0.2) is 13.8 Å². The molecule has 0 N–H and O–H groups in total. The molecule has 1 nitrogen and oxygen atoms in total. The van der Waals surface area contributed by atoms with Crippen molar-refractivity contribution in [2.45, 2.75) is 12.3 Å². The molecule has 0 bridgehead atoms. The molecule has 0 aliphatic heterocycles. The number of nitrogens with zero attached hydrogens (tertiary/aromatic N) is 1. The highest BCUT2D eigenvalue weighted by atomic mass is 79.9. The van der Waals surface area contributed by atoms with Crippen LogP contribution in [0.15, 0.2) is 10.5 Å². The van der Waals surface area contributed by atoms with Crippen LogP contribution in [-0.4, -0.2) is 4.98 Å². The second kappa shape index (κ2) is 4.53. The Labute approximate surface area is 92.2 Å². The highest BCUT2D eigenvalue weighted by molar-refractivity contribution is 9.10. The highest BCUT2D eigenvalue weighted by Gasteiger charge is 2.16. The van der Waals surface area contributed by atoms with Crippen molar-refractivity contribution in [1.29, 1.82) is 0 Å². The Kier molecular flexibility index (Phi) is 3.88. The number of hydrogen-bond donors (Lipinski definition) is 0. The molecule has 0 amide bonds. The van der Waals surface area contributed by atoms with E-state index in [1.807, 2.05) is 0 Å². The minimum atomic E-state index is -2.68. The van der Waals surface area contributed by atoms with Gasteiger partial charge in [0.15, 0.2) is 0 Å². The van der Waals surface area contributed by atoms with Crippen LogP contribution in [0.5, 0.6) is 0 Å². The maximum absolute atomic E-state index is 12.3. The summed E-state index contributed by atoms with van der Waals surface area (Å²) >= 11 is 14.1. The second-order valence-electron chi connectivity index (χ2n) is 2.22. The lowest BCUT2D eigenvalue weighted by molar-refractivity contribution is 0.146. The number of hydrogen-bond acceptors (Lipinski definition) is 1. The zero-order valence-electron chi connectivity index (χ0n) is 6.20. The fraction of sp³-hybridized carbons (Fsp3) is 0.286. The zero-order chi connectivity index (χ0) is 10.0. The number of halogens is 5. The molecule has 0 aliphatic rings. The van der Waals surface area contributed by atoms with Gasteiger partial charge < -0.3 is 0 Å². The molecule has 0 fully saturated rings. The lowest BCUT2D eigenvalue weighted by atomic mass is 10.3. The molecule has 1 aromatic rings. The average molecular weight is 291 g/mol. The first kappa shape index (κ1) is 11.1. The van der Waals surface area contributed by atoms with E-state index in [0.29, 0.717) is 10.2 Å². The van der Waals surface area contributed by atoms with E-state index in [1.165, 1.54) is 6.07 Å². The molecule has 1 aromatic heterocycles. The number of aromatic nitrogens is 1. The highest BCUT2D eigenvalue weighted by Crippen LogP contribution is 2.29. The summed E-state index contributed by atoms with van der Waals surface area (Å²) in [5.74, 6) is 0.0669. The minimum absolute atomic E-state index is 0.0595. The van der Waals surface area contributed by atoms with Gasteiger partial charge in [-0.2, -0.15) is 0 Å². The van der Waals surface area contributed by atoms with Crippen molar-refractivity contribution < 1.29 is 8.78 Å². The van der Waals surface area contributed by atoms with Crippen LogP contribution < -0.4 is 0 Å². The Morgan fingerprint density at radius 3 is 2.62 bits per heavy atom. The van der Waals surface area contributed by atoms with E-state index in [2.05, 4.69) is 20.9 Å². The molecule has 0 aromatic carbocycles. The van der Waals surface area contributed by atoms with Gasteiger partial charge in [0.1, 0.15) is 5.69 Å². The van der Waals surface area contributed by atoms with Gasteiger partial charge in [0.25, 0.3) is 6.43 Å². The SMILES string of the molecule is FC(F)c1nc(CCl)c(Br)cc1Cl. The van der Waals surface area contributed by atoms with Crippen molar-refractivity contribution in [1.82, 2.24) is 4.98 Å². The van der Waals surface area contributed by atoms with E-state index in [-0.39, 0.29) is 10.9 Å². The van der Waals surface area contributed by atoms with E-state index in [0.717, 1.165) is 0 Å². The predicted molar refractivity (Wildman–Crippen MR) is 51.5 cm³/mol. The number of rotatable bonds is 2. The molecule has 1 heterocycles. The van der Waals surface area contributed by atoms with Crippen LogP contribution >= 0.6 is 39.1 Å². The third-order valence-electron chi connectivity index (χ3n) is 1.36. The molecular formula is C7H4BrCl2F2N. The summed E-state index contributed by atoms with van der Waals surface area (Å²) in [4.78, 5) is 3.63. The van der Waals surface area contributed by atoms with Gasteiger partial charge in [-0.3, -0.25) is 0 Å². The van der Waals surface area contributed by atoms with Crippen LogP contribution in [0.1, 0.15) is 17.8 Å². The first-order chi connectivity index (χ1) is 6.06. The lowest BCUT2D eigenvalue weighted by Gasteiger charge is -2.05. The maximum atomic E-state index is 12.3. The molecule has 1 rings (SSSR count). The van der Waals surface area contributed by atoms with Gasteiger partial charge in [-0.1, -0.05) is 11.6 Å². The first-order valence-electron chi connectivity index (χ1n) is 3.25. The van der Waals surface area contributed by atoms with Gasteiger partial charge in [-0.15, -0.1) is 11.6 Å². The predicted octanol–water partition coefficient (Wildman–Crippen LogP) is 4.17. The van der Waals surface area contributed by atoms with Gasteiger partial charge in [0.05, 0.1) is 16.6 Å². The maximum Gasteiger partial charge on any atom is 0.281 e. The van der Waals surface area contributed by atoms with Crippen LogP contribution in [0.3, 0.4) is 0 Å². The van der Waals surface area contributed by atoms with Gasteiger partial charge in [0, 0.05) is 4.47 Å². The normalized spacial score (nSPS) is 10.9. The Morgan fingerprint density at radius 1 is 1.54 bits per heavy atom. The molecule has 0 radical (unpaired) electrons. The van der Waals surface area contributed by atoms with E-state index >= 15 is 0 Å². The fourth-order valence-electron chi connectivity index (χ4n) is 0.767. The summed E-state index contributed by atoms with van der Waals surface area (Å²) in [7, 11) is 0. The molecule has 72 valence electrons. The van der Waals surface area contributed by atoms with Crippen molar-refractivity contribution in [3.05, 3.63) is 26.9 Å². The average Bonchev–Trinajstić information content (AvgIpc) is 2.03. The summed E-state index contributed by atoms with van der Waals surface area (Å²) in [5, 5.41) is -0.0595. The third-order valence-corrected chi connectivity index (χ3v) is 2.61. The van der Waals surface area contributed by atoms with E-state index < -0.39 is 12.1 Å². The van der Waals surface area contributed by atoms with Crippen LogP contribution in [0.25, 0.3) is 0 Å². The fourth-order valence-corrected chi connectivity index (χ4v) is 1.96. The monoisotopic (exact) mass is 289 g/mol. The number of alkyl halides is 3. The molecule has 6 heteroatoms. The molecular weight excluding hydrogens is 287 g/mol. The van der Waals surface area contributed by atoms with Crippen LogP contribution in [0.4, 0.5) is 8.78 Å². The Balaban J connectivity index is 3.22. The molecule has 0 spiro atoms. The second-order valence-corrected chi connectivity index (χ2v) is 3.75. The van der Waals surface area contributed by atoms with Crippen LogP contribution in [0, 0.1) is 0 Å². The van der Waals surface area contributed by atoms with Crippen molar-refractivity contribution in [3.63, 3.8) is 0 Å². The molecule has 0 saturated heterocycles. The summed E-state index contributed by atoms with van der Waals surface area (Å²) in [6.07, 6.45) is -2.68. The van der Waals surface area contributed by atoms with Gasteiger partial charge in [-0.05, 0) is 22.0 Å². The zero-order valence-corrected chi connectivity index (χ0v) is 9.30. The van der Waals surface area contributed by atoms with E-state index in [1.54, 1.807) is 0 Å². The minimum Gasteiger partial charge on any atom is -0.248 e.